The molecule has 8 nitrogen and oxygen atoms in total. The van der Waals surface area contributed by atoms with Gasteiger partial charge in [-0.2, -0.15) is 4.98 Å². The van der Waals surface area contributed by atoms with Crippen LogP contribution in [0.4, 0.5) is 11.4 Å². The topological polar surface area (TPSA) is 108 Å². The van der Waals surface area contributed by atoms with Gasteiger partial charge in [-0.25, -0.2) is 0 Å². The lowest BCUT2D eigenvalue weighted by Gasteiger charge is -2.06. The number of aromatic nitrogens is 1. The minimum absolute atomic E-state index is 0.0363. The van der Waals surface area contributed by atoms with Crippen LogP contribution < -0.4 is 4.74 Å². The minimum atomic E-state index is -0.656. The third-order valence-corrected chi connectivity index (χ3v) is 2.79. The average Bonchev–Trinajstić information content (AvgIpc) is 2.37. The maximum atomic E-state index is 10.9. The molecular formula is C12H8ClN3O5. The third kappa shape index (κ3) is 3.23. The zero-order valence-electron chi connectivity index (χ0n) is 10.6. The maximum Gasteiger partial charge on any atom is 0.331 e. The first kappa shape index (κ1) is 14.7. The first-order valence-corrected chi connectivity index (χ1v) is 6.00. The zero-order chi connectivity index (χ0) is 15.6. The van der Waals surface area contributed by atoms with E-state index < -0.39 is 9.85 Å². The van der Waals surface area contributed by atoms with Crippen molar-refractivity contribution in [2.24, 2.45) is 0 Å². The Morgan fingerprint density at radius 1 is 1.10 bits per heavy atom. The molecular weight excluding hydrogens is 302 g/mol. The Labute approximate surface area is 123 Å². The zero-order valence-corrected chi connectivity index (χ0v) is 11.4. The van der Waals surface area contributed by atoms with Crippen molar-refractivity contribution in [2.45, 2.75) is 6.92 Å². The molecule has 0 amide bonds. The van der Waals surface area contributed by atoms with Gasteiger partial charge in [-0.05, 0) is 25.1 Å². The highest BCUT2D eigenvalue weighted by atomic mass is 35.5. The molecule has 0 unspecified atom stereocenters. The molecule has 0 fully saturated rings. The lowest BCUT2D eigenvalue weighted by atomic mass is 10.2. The molecule has 0 aliphatic rings. The van der Waals surface area contributed by atoms with E-state index in [2.05, 4.69) is 4.98 Å². The summed E-state index contributed by atoms with van der Waals surface area (Å²) in [5, 5.41) is 21.6. The van der Waals surface area contributed by atoms with Crippen LogP contribution in [0, 0.1) is 27.2 Å². The largest absolute Gasteiger partial charge is 0.434 e. The highest BCUT2D eigenvalue weighted by Gasteiger charge is 2.19. The number of nitrogens with zero attached hydrogens (tertiary/aromatic N) is 3. The molecule has 0 atom stereocenters. The van der Waals surface area contributed by atoms with Crippen LogP contribution in [-0.2, 0) is 0 Å². The van der Waals surface area contributed by atoms with E-state index in [1.165, 1.54) is 37.3 Å². The normalized spacial score (nSPS) is 10.2. The van der Waals surface area contributed by atoms with E-state index >= 15 is 0 Å². The standard InChI is InChI=1S/C12H8ClN3O5/c1-7-6-8(2-3-9(7)15(17)18)21-12-10(16(19)20)4-5-11(13)14-12/h2-6H,1H3. The van der Waals surface area contributed by atoms with Gasteiger partial charge >= 0.3 is 11.6 Å². The number of hydrogen-bond acceptors (Lipinski definition) is 6. The SMILES string of the molecule is Cc1cc(Oc2nc(Cl)ccc2[N+](=O)[O-])ccc1[N+](=O)[O-]. The highest BCUT2D eigenvalue weighted by molar-refractivity contribution is 6.29. The average molecular weight is 310 g/mol. The number of hydrogen-bond donors (Lipinski definition) is 0. The molecule has 1 aromatic heterocycles. The van der Waals surface area contributed by atoms with Crippen molar-refractivity contribution in [1.82, 2.24) is 4.98 Å². The summed E-state index contributed by atoms with van der Waals surface area (Å²) in [6.07, 6.45) is 0. The van der Waals surface area contributed by atoms with Gasteiger partial charge in [0.2, 0.25) is 0 Å². The van der Waals surface area contributed by atoms with Gasteiger partial charge in [0, 0.05) is 17.7 Å². The van der Waals surface area contributed by atoms with Gasteiger partial charge in [-0.15, -0.1) is 0 Å². The molecule has 2 rings (SSSR count). The third-order valence-electron chi connectivity index (χ3n) is 2.58. The van der Waals surface area contributed by atoms with Gasteiger partial charge in [0.15, 0.2) is 0 Å². The Hall–Kier alpha value is -2.74. The molecule has 0 aliphatic carbocycles. The molecule has 1 heterocycles. The summed E-state index contributed by atoms with van der Waals surface area (Å²) >= 11 is 5.68. The fourth-order valence-corrected chi connectivity index (χ4v) is 1.77. The summed E-state index contributed by atoms with van der Waals surface area (Å²) < 4.78 is 5.31. The predicted molar refractivity (Wildman–Crippen MR) is 73.8 cm³/mol. The molecule has 2 aromatic rings. The molecule has 0 saturated carbocycles. The fourth-order valence-electron chi connectivity index (χ4n) is 1.63. The van der Waals surface area contributed by atoms with Crippen LogP contribution in [0.25, 0.3) is 0 Å². The van der Waals surface area contributed by atoms with Crippen LogP contribution in [0.5, 0.6) is 11.6 Å². The van der Waals surface area contributed by atoms with Gasteiger partial charge in [-0.3, -0.25) is 20.2 Å². The van der Waals surface area contributed by atoms with E-state index in [1.54, 1.807) is 0 Å². The summed E-state index contributed by atoms with van der Waals surface area (Å²) in [4.78, 5) is 24.2. The molecule has 0 spiro atoms. The maximum absolute atomic E-state index is 10.9. The van der Waals surface area contributed by atoms with E-state index in [1.807, 2.05) is 0 Å². The van der Waals surface area contributed by atoms with Crippen molar-refractivity contribution >= 4 is 23.0 Å². The van der Waals surface area contributed by atoms with Crippen molar-refractivity contribution in [3.05, 3.63) is 61.3 Å². The van der Waals surface area contributed by atoms with E-state index in [0.717, 1.165) is 0 Å². The lowest BCUT2D eigenvalue weighted by molar-refractivity contribution is -0.386. The van der Waals surface area contributed by atoms with Gasteiger partial charge in [-0.1, -0.05) is 11.6 Å². The number of nitro groups is 2. The van der Waals surface area contributed by atoms with Crippen LogP contribution in [0.1, 0.15) is 5.56 Å². The quantitative estimate of drug-likeness (QED) is 0.484. The Morgan fingerprint density at radius 3 is 2.29 bits per heavy atom. The number of halogens is 1. The molecule has 21 heavy (non-hydrogen) atoms. The lowest BCUT2D eigenvalue weighted by Crippen LogP contribution is -1.97. The first-order chi connectivity index (χ1) is 9.88. The van der Waals surface area contributed by atoms with Gasteiger partial charge in [0.25, 0.3) is 5.69 Å². The number of ether oxygens (including phenoxy) is 1. The minimum Gasteiger partial charge on any atom is -0.434 e. The van der Waals surface area contributed by atoms with E-state index in [9.17, 15) is 20.2 Å². The summed E-state index contributed by atoms with van der Waals surface area (Å²) in [6.45, 7) is 1.53. The summed E-state index contributed by atoms with van der Waals surface area (Å²) in [6, 6.07) is 6.42. The van der Waals surface area contributed by atoms with Crippen LogP contribution in [0.3, 0.4) is 0 Å². The number of rotatable bonds is 4. The second kappa shape index (κ2) is 5.71. The Bertz CT molecular complexity index is 735. The van der Waals surface area contributed by atoms with Crippen molar-refractivity contribution in [3.8, 4) is 11.6 Å². The Balaban J connectivity index is 2.38. The predicted octanol–water partition coefficient (Wildman–Crippen LogP) is 3.65. The second-order valence-corrected chi connectivity index (χ2v) is 4.41. The van der Waals surface area contributed by atoms with Gasteiger partial charge < -0.3 is 4.74 Å². The van der Waals surface area contributed by atoms with Crippen molar-refractivity contribution in [3.63, 3.8) is 0 Å². The summed E-state index contributed by atoms with van der Waals surface area (Å²) in [5.74, 6) is -0.0864. The Kier molecular flexibility index (Phi) is 3.99. The molecule has 0 radical (unpaired) electrons. The number of benzene rings is 1. The van der Waals surface area contributed by atoms with E-state index in [4.69, 9.17) is 16.3 Å². The number of aryl methyl sites for hydroxylation is 1. The molecule has 0 aliphatic heterocycles. The fraction of sp³-hybridized carbons (Fsp3) is 0.0833. The highest BCUT2D eigenvalue weighted by Crippen LogP contribution is 2.32. The second-order valence-electron chi connectivity index (χ2n) is 4.02. The van der Waals surface area contributed by atoms with Crippen LogP contribution in [-0.4, -0.2) is 14.8 Å². The summed E-state index contributed by atoms with van der Waals surface area (Å²) in [7, 11) is 0. The molecule has 0 N–H and O–H groups in total. The molecule has 0 bridgehead atoms. The van der Waals surface area contributed by atoms with Crippen LogP contribution in [0.2, 0.25) is 5.15 Å². The molecule has 108 valence electrons. The van der Waals surface area contributed by atoms with Crippen LogP contribution in [0.15, 0.2) is 30.3 Å². The van der Waals surface area contributed by atoms with E-state index in [-0.39, 0.29) is 28.2 Å². The van der Waals surface area contributed by atoms with Crippen LogP contribution >= 0.6 is 11.6 Å². The smallest absolute Gasteiger partial charge is 0.331 e. The van der Waals surface area contributed by atoms with Gasteiger partial charge in [0.05, 0.1) is 9.85 Å². The van der Waals surface area contributed by atoms with Crippen molar-refractivity contribution in [1.29, 1.82) is 0 Å². The first-order valence-electron chi connectivity index (χ1n) is 5.62. The number of nitro benzene ring substituents is 1. The monoisotopic (exact) mass is 309 g/mol. The van der Waals surface area contributed by atoms with E-state index in [0.29, 0.717) is 5.56 Å². The molecule has 0 saturated heterocycles. The summed E-state index contributed by atoms with van der Waals surface area (Å²) in [5.41, 5.74) is -0.0616. The molecule has 9 heteroatoms. The Morgan fingerprint density at radius 2 is 1.71 bits per heavy atom. The molecule has 1 aromatic carbocycles. The number of pyridine rings is 1. The van der Waals surface area contributed by atoms with Crippen molar-refractivity contribution in [2.75, 3.05) is 0 Å². The van der Waals surface area contributed by atoms with Gasteiger partial charge in [0.1, 0.15) is 10.9 Å². The van der Waals surface area contributed by atoms with Crippen molar-refractivity contribution < 1.29 is 14.6 Å².